The number of rotatable bonds is 32. The van der Waals surface area contributed by atoms with Crippen molar-refractivity contribution in [3.63, 3.8) is 0 Å². The molecule has 1 N–H and O–H groups in total. The van der Waals surface area contributed by atoms with Crippen molar-refractivity contribution in [2.75, 3.05) is 51.4 Å². The molecule has 0 spiro atoms. The van der Waals surface area contributed by atoms with Gasteiger partial charge in [0.05, 0.1) is 51.5 Å². The van der Waals surface area contributed by atoms with Gasteiger partial charge in [-0.1, -0.05) is 112 Å². The van der Waals surface area contributed by atoms with E-state index in [-0.39, 0.29) is 170 Å². The number of carbonyl (C=O) groups is 7. The van der Waals surface area contributed by atoms with Crippen LogP contribution in [0.5, 0.6) is 0 Å². The van der Waals surface area contributed by atoms with Crippen molar-refractivity contribution in [3.8, 4) is 0 Å². The molecular formula is C60H117BrCl2FLi2NaO14. The summed E-state index contributed by atoms with van der Waals surface area (Å²) in [7, 11) is 0. The molecule has 0 saturated carbocycles. The summed E-state index contributed by atoms with van der Waals surface area (Å²) in [6.07, 6.45) is 20.3. The number of aliphatic carboxylic acids is 1. The van der Waals surface area contributed by atoms with Gasteiger partial charge in [-0.05, 0) is 106 Å². The first-order chi connectivity index (χ1) is 35.3. The molecule has 0 aliphatic carbocycles. The molecule has 0 bridgehead atoms. The maximum absolute atomic E-state index is 12.0. The Morgan fingerprint density at radius 2 is 0.877 bits per heavy atom. The molecule has 21 heteroatoms. The summed E-state index contributed by atoms with van der Waals surface area (Å²) in [6, 6.07) is 0. The van der Waals surface area contributed by atoms with Crippen LogP contribution in [0, 0.1) is 30.1 Å². The number of hydrogen-bond acceptors (Lipinski definition) is 13. The van der Waals surface area contributed by atoms with Gasteiger partial charge in [0.25, 0.3) is 0 Å². The van der Waals surface area contributed by atoms with E-state index in [1.807, 2.05) is 34.6 Å². The molecule has 0 aromatic rings. The van der Waals surface area contributed by atoms with Gasteiger partial charge in [-0.25, -0.2) is 0 Å². The summed E-state index contributed by atoms with van der Waals surface area (Å²) in [5.74, 6) is -2.54. The van der Waals surface area contributed by atoms with E-state index in [2.05, 4.69) is 58.4 Å². The van der Waals surface area contributed by atoms with Gasteiger partial charge in [-0.15, -0.1) is 56.1 Å². The van der Waals surface area contributed by atoms with E-state index < -0.39 is 41.2 Å². The second kappa shape index (κ2) is 97.3. The van der Waals surface area contributed by atoms with Gasteiger partial charge in [0.2, 0.25) is 0 Å². The number of ether oxygens (including phenoxy) is 6. The molecule has 2 atom stereocenters. The summed E-state index contributed by atoms with van der Waals surface area (Å²) < 4.78 is 29.0. The van der Waals surface area contributed by atoms with E-state index in [1.54, 1.807) is 58.9 Å². The fourth-order valence-electron chi connectivity index (χ4n) is 5.20. The van der Waals surface area contributed by atoms with Crippen molar-refractivity contribution < 1.29 is 159 Å². The SMILES string of the molecule is C.C.C=CCC(C(=O)OCC)C(=O)OCC.C=CCC(CCC)(C(=O)OCC)C(=O)OCC.C=CCC(CCC)C(=O)O.C=CCC(CCC)C(=O)OCC.C=CCCC(=O)OCC.CCCCl.CCCCl.F.[3HH].[Br-].[CH2-]CCC.[H-].[Li+].[Li+].[Na+]. The van der Waals surface area contributed by atoms with Crippen molar-refractivity contribution in [1.29, 1.82) is 0 Å². The van der Waals surface area contributed by atoms with Gasteiger partial charge in [0, 0.05) is 19.6 Å². The molecule has 0 rings (SSSR count). The topological polar surface area (TPSA) is 195 Å². The number of carboxylic acids is 1. The van der Waals surface area contributed by atoms with Crippen molar-refractivity contribution in [2.24, 2.45) is 23.2 Å². The molecule has 2 unspecified atom stereocenters. The largest absolute Gasteiger partial charge is 1.00 e. The molecule has 0 heterocycles. The van der Waals surface area contributed by atoms with Crippen LogP contribution in [0.25, 0.3) is 0 Å². The molecule has 0 aromatic carbocycles. The molecule has 0 fully saturated rings. The van der Waals surface area contributed by atoms with Crippen LogP contribution in [0.3, 0.4) is 0 Å². The van der Waals surface area contributed by atoms with Gasteiger partial charge in [-0.2, -0.15) is 6.42 Å². The van der Waals surface area contributed by atoms with Crippen LogP contribution in [0.2, 0.25) is 0 Å². The number of allylic oxidation sites excluding steroid dienone is 5. The number of esters is 6. The fourth-order valence-corrected chi connectivity index (χ4v) is 5.20. The molecule has 0 aliphatic heterocycles. The van der Waals surface area contributed by atoms with Gasteiger partial charge in [0.15, 0.2) is 11.3 Å². The number of carboxylic acid groups (broad SMARTS) is 1. The molecular weight excluding hydrogens is 1150 g/mol. The summed E-state index contributed by atoms with van der Waals surface area (Å²) >= 11 is 10.4. The predicted octanol–water partition coefficient (Wildman–Crippen LogP) is 4.59. The summed E-state index contributed by atoms with van der Waals surface area (Å²) in [5.41, 5.74) is -1.22. The molecule has 0 radical (unpaired) electrons. The Kier molecular flexibility index (Phi) is 141. The maximum atomic E-state index is 12.0. The van der Waals surface area contributed by atoms with Crippen LogP contribution >= 0.6 is 23.2 Å². The van der Waals surface area contributed by atoms with Crippen molar-refractivity contribution in [2.45, 2.75) is 201 Å². The Morgan fingerprint density at radius 3 is 1.14 bits per heavy atom. The minimum absolute atomic E-state index is 0. The van der Waals surface area contributed by atoms with E-state index in [9.17, 15) is 33.6 Å². The first-order valence-electron chi connectivity index (χ1n) is 26.5. The third-order valence-electron chi connectivity index (χ3n) is 8.78. The van der Waals surface area contributed by atoms with Gasteiger partial charge in [0.1, 0.15) is 0 Å². The molecule has 0 amide bonds. The van der Waals surface area contributed by atoms with Crippen LogP contribution in [-0.2, 0) is 62.0 Å². The van der Waals surface area contributed by atoms with E-state index in [0.717, 1.165) is 63.1 Å². The Balaban J connectivity index is -0.0000000410. The van der Waals surface area contributed by atoms with Crippen LogP contribution in [0.4, 0.5) is 4.70 Å². The number of hydrogen-bond donors (Lipinski definition) is 1. The smallest absolute Gasteiger partial charge is 1.00 e. The second-order valence-corrected chi connectivity index (χ2v) is 16.1. The van der Waals surface area contributed by atoms with Crippen LogP contribution in [0.1, 0.15) is 204 Å². The molecule has 0 aliphatic rings. The summed E-state index contributed by atoms with van der Waals surface area (Å²) in [4.78, 5) is 78.8. The van der Waals surface area contributed by atoms with Crippen LogP contribution in [0.15, 0.2) is 63.3 Å². The van der Waals surface area contributed by atoms with E-state index in [4.69, 9.17) is 52.0 Å². The van der Waals surface area contributed by atoms with Gasteiger partial charge in [-0.3, -0.25) is 38.3 Å². The fraction of sp³-hybridized carbons (Fsp3) is 0.700. The molecule has 0 saturated heterocycles. The standard InChI is InChI=1S/C13H22O4.C10H16O4.C10H18O2.C8H14O2.C7H12O2.C4H9.2C3H7Cl.2CH4.BrH.FH.2Li.Na.H2.H/c1-5-9-13(10-6-2,11(14)16-7-3)12(15)17-8-4;1-4-7-8(9(11)13-5-2)10(12)14-6-3;1-4-7-9(8-5-2)10(11)12-6-3;1-3-5-7(6-4-2)8(9)10;1-3-5-6-7(8)9-4-2;1-3-4-2;2*1-2-3-4;;;;;;;;;/h5H,1,6-10H2,2-4H3;4,8H,1,5-7H2,2-3H3;4,9H,1,5-8H2,2-3H3;3,7H,1,4-6H2,2H3,(H,9,10);3H,1,4-6H2,2H3;1,3-4H2,2H3;2*2-3H2,1H3;2*1H4;2*1H;;;;1H;/q;;;;;-1;;;;;;;3*+1;;-1/p-1/i;;;;;;;;;;;;;;;1+2;. The Morgan fingerprint density at radius 1 is 0.543 bits per heavy atom. The number of carbonyl (C=O) groups excluding carboxylic acids is 6. The molecule has 472 valence electrons. The summed E-state index contributed by atoms with van der Waals surface area (Å²) in [5, 5.41) is 8.59. The van der Waals surface area contributed by atoms with Crippen LogP contribution < -0.4 is 84.3 Å². The molecule has 0 aromatic heterocycles. The second-order valence-electron chi connectivity index (χ2n) is 15.3. The van der Waals surface area contributed by atoms with Crippen molar-refractivity contribution >= 4 is 65.0 Å². The average molecular weight is 1270 g/mol. The number of alkyl halides is 2. The predicted molar refractivity (Wildman–Crippen MR) is 325 cm³/mol. The number of unbranched alkanes of at least 4 members (excludes halogenated alkanes) is 1. The average Bonchev–Trinajstić information content (AvgIpc) is 3.38. The Labute approximate surface area is 564 Å². The number of halogens is 4. The zero-order valence-electron chi connectivity index (χ0n) is 53.1. The monoisotopic (exact) mass is 1270 g/mol. The van der Waals surface area contributed by atoms with Crippen LogP contribution in [-0.4, -0.2) is 98.3 Å². The third-order valence-corrected chi connectivity index (χ3v) is 9.54. The first kappa shape index (κ1) is 117. The minimum atomic E-state index is -1.22. The zero-order chi connectivity index (χ0) is 59.0. The quantitative estimate of drug-likeness (QED) is 0.0187. The summed E-state index contributed by atoms with van der Waals surface area (Å²) in [6.45, 7) is 45.8. The van der Waals surface area contributed by atoms with Crippen molar-refractivity contribution in [1.82, 2.24) is 0 Å². The Bertz CT molecular complexity index is 1390. The minimum Gasteiger partial charge on any atom is -1.00 e. The maximum Gasteiger partial charge on any atom is 1.00 e. The molecule has 81 heavy (non-hydrogen) atoms. The Hall–Kier alpha value is -1.83. The zero-order valence-corrected chi connectivity index (χ0v) is 57.2. The van der Waals surface area contributed by atoms with E-state index in [1.165, 1.54) is 12.5 Å². The van der Waals surface area contributed by atoms with Gasteiger partial charge < -0.3 is 58.9 Å². The third kappa shape index (κ3) is 82.4. The first-order valence-corrected chi connectivity index (χ1v) is 27.5. The van der Waals surface area contributed by atoms with E-state index in [0.29, 0.717) is 45.3 Å². The normalized spacial score (nSPS) is 9.33. The van der Waals surface area contributed by atoms with Crippen molar-refractivity contribution in [3.05, 3.63) is 70.2 Å². The molecule has 14 nitrogen and oxygen atoms in total. The van der Waals surface area contributed by atoms with Gasteiger partial charge >= 0.3 is 109 Å². The van der Waals surface area contributed by atoms with E-state index >= 15 is 0 Å².